The number of hydrogen-bond acceptors (Lipinski definition) is 4. The Morgan fingerprint density at radius 3 is 2.61 bits per heavy atom. The van der Waals surface area contributed by atoms with Crippen molar-refractivity contribution in [2.75, 3.05) is 6.54 Å². The van der Waals surface area contributed by atoms with Crippen LogP contribution in [0.3, 0.4) is 0 Å². The Balaban J connectivity index is 2.69. The fourth-order valence-corrected chi connectivity index (χ4v) is 3.85. The van der Waals surface area contributed by atoms with Gasteiger partial charge in [0.1, 0.15) is 10.6 Å². The van der Waals surface area contributed by atoms with E-state index >= 15 is 0 Å². The maximum atomic E-state index is 12.6. The van der Waals surface area contributed by atoms with Crippen LogP contribution in [-0.2, 0) is 10.0 Å². The first-order valence-electron chi connectivity index (χ1n) is 6.31. The summed E-state index contributed by atoms with van der Waals surface area (Å²) in [7, 11) is -4.35. The van der Waals surface area contributed by atoms with Gasteiger partial charge in [-0.2, -0.15) is 0 Å². The molecule has 23 heavy (non-hydrogen) atoms. The third kappa shape index (κ3) is 3.30. The molecule has 0 aliphatic carbocycles. The molecule has 0 atom stereocenters. The number of hydrazine groups is 1. The van der Waals surface area contributed by atoms with Gasteiger partial charge in [0, 0.05) is 21.9 Å². The lowest BCUT2D eigenvalue weighted by atomic mass is 10.2. The third-order valence-corrected chi connectivity index (χ3v) is 4.92. The van der Waals surface area contributed by atoms with Gasteiger partial charge in [-0.15, -0.1) is 4.83 Å². The van der Waals surface area contributed by atoms with Crippen molar-refractivity contribution in [1.29, 1.82) is 0 Å². The van der Waals surface area contributed by atoms with Crippen LogP contribution in [0.5, 0.6) is 0 Å². The minimum absolute atomic E-state index is 0.119. The highest BCUT2D eigenvalue weighted by Gasteiger charge is 2.29. The number of hydrogen-bond donors (Lipinski definition) is 4. The Morgan fingerprint density at radius 2 is 2.09 bits per heavy atom. The van der Waals surface area contributed by atoms with E-state index in [1.165, 1.54) is 13.0 Å². The molecule has 1 aromatic heterocycles. The summed E-state index contributed by atoms with van der Waals surface area (Å²) in [6.07, 6.45) is -1.47. The zero-order valence-corrected chi connectivity index (χ0v) is 14.2. The van der Waals surface area contributed by atoms with Gasteiger partial charge in [-0.3, -0.25) is 4.79 Å². The number of H-pyrrole nitrogens is 1. The van der Waals surface area contributed by atoms with Crippen LogP contribution >= 0.6 is 15.9 Å². The molecule has 1 aromatic carbocycles. The summed E-state index contributed by atoms with van der Waals surface area (Å²) in [4.78, 5) is 26.7. The summed E-state index contributed by atoms with van der Waals surface area (Å²) < 4.78 is 25.7. The predicted molar refractivity (Wildman–Crippen MR) is 85.2 cm³/mol. The molecule has 0 saturated heterocycles. The van der Waals surface area contributed by atoms with Crippen LogP contribution in [-0.4, -0.2) is 42.1 Å². The first-order valence-corrected chi connectivity index (χ1v) is 8.59. The molecule has 0 unspecified atom stereocenters. The molecular formula is C12H13BrN4O5S. The second kappa shape index (κ2) is 6.18. The average molecular weight is 405 g/mol. The maximum absolute atomic E-state index is 12.6. The van der Waals surface area contributed by atoms with Gasteiger partial charge in [0.25, 0.3) is 15.9 Å². The van der Waals surface area contributed by atoms with Crippen molar-refractivity contribution < 1.29 is 23.1 Å². The lowest BCUT2D eigenvalue weighted by molar-refractivity contribution is 0.0993. The van der Waals surface area contributed by atoms with Gasteiger partial charge in [0.2, 0.25) is 0 Å². The molecule has 0 fully saturated rings. The van der Waals surface area contributed by atoms with Gasteiger partial charge in [0.15, 0.2) is 0 Å². The van der Waals surface area contributed by atoms with E-state index in [0.29, 0.717) is 15.0 Å². The Morgan fingerprint density at radius 1 is 1.43 bits per heavy atom. The molecule has 11 heteroatoms. The first-order chi connectivity index (χ1) is 10.7. The summed E-state index contributed by atoms with van der Waals surface area (Å²) in [5.74, 6) is -0.976. The van der Waals surface area contributed by atoms with Crippen LogP contribution in [0.2, 0.25) is 0 Å². The zero-order chi connectivity index (χ0) is 17.4. The number of carbonyl (C=O) groups excluding carboxylic acids is 1. The lowest BCUT2D eigenvalue weighted by Crippen LogP contribution is -2.45. The second-order valence-corrected chi connectivity index (χ2v) is 7.02. The number of carboxylic acid groups (broad SMARTS) is 1. The maximum Gasteiger partial charge on any atom is 0.422 e. The highest BCUT2D eigenvalue weighted by atomic mass is 79.9. The number of benzene rings is 1. The SMILES string of the molecule is CCN(NS(=O)(=O)c1c(C(N)=O)[nH]c2ccc(Br)cc12)C(=O)O. The number of rotatable bonds is 5. The third-order valence-electron chi connectivity index (χ3n) is 3.01. The molecular weight excluding hydrogens is 392 g/mol. The van der Waals surface area contributed by atoms with Crippen molar-refractivity contribution in [3.63, 3.8) is 0 Å². The largest absolute Gasteiger partial charge is 0.464 e. The second-order valence-electron chi connectivity index (χ2n) is 4.50. The van der Waals surface area contributed by atoms with Gasteiger partial charge in [-0.25, -0.2) is 18.2 Å². The number of primary amides is 1. The van der Waals surface area contributed by atoms with Crippen LogP contribution in [0.4, 0.5) is 4.79 Å². The van der Waals surface area contributed by atoms with Gasteiger partial charge < -0.3 is 15.8 Å². The van der Waals surface area contributed by atoms with Crippen LogP contribution in [0, 0.1) is 0 Å². The highest BCUT2D eigenvalue weighted by Crippen LogP contribution is 2.29. The number of nitrogens with two attached hydrogens (primary N) is 1. The Kier molecular flexibility index (Phi) is 4.63. The molecule has 124 valence electrons. The summed E-state index contributed by atoms with van der Waals surface area (Å²) in [5.41, 5.74) is 5.28. The van der Waals surface area contributed by atoms with Crippen molar-refractivity contribution >= 4 is 48.9 Å². The minimum Gasteiger partial charge on any atom is -0.464 e. The number of amides is 2. The fourth-order valence-electron chi connectivity index (χ4n) is 2.02. The summed E-state index contributed by atoms with van der Waals surface area (Å²) in [6, 6.07) is 4.71. The van der Waals surface area contributed by atoms with Crippen molar-refractivity contribution in [2.45, 2.75) is 11.8 Å². The zero-order valence-electron chi connectivity index (χ0n) is 11.8. The molecule has 0 aliphatic heterocycles. The Bertz CT molecular complexity index is 892. The minimum atomic E-state index is -4.35. The van der Waals surface area contributed by atoms with Crippen LogP contribution in [0.25, 0.3) is 10.9 Å². The molecule has 2 amide bonds. The molecule has 0 saturated carbocycles. The van der Waals surface area contributed by atoms with Crippen molar-refractivity contribution in [2.24, 2.45) is 5.73 Å². The predicted octanol–water partition coefficient (Wildman–Crippen LogP) is 1.22. The molecule has 0 radical (unpaired) electrons. The molecule has 9 nitrogen and oxygen atoms in total. The van der Waals surface area contributed by atoms with E-state index in [9.17, 15) is 18.0 Å². The number of halogens is 1. The normalized spacial score (nSPS) is 11.6. The van der Waals surface area contributed by atoms with Crippen molar-refractivity contribution in [3.05, 3.63) is 28.4 Å². The fraction of sp³-hybridized carbons (Fsp3) is 0.167. The number of nitrogens with zero attached hydrogens (tertiary/aromatic N) is 1. The number of sulfonamides is 1. The van der Waals surface area contributed by atoms with Gasteiger partial charge >= 0.3 is 6.09 Å². The lowest BCUT2D eigenvalue weighted by Gasteiger charge is -2.18. The smallest absolute Gasteiger partial charge is 0.422 e. The molecule has 2 aromatic rings. The number of nitrogens with one attached hydrogen (secondary N) is 2. The number of carbonyl (C=O) groups is 2. The van der Waals surface area contributed by atoms with Crippen molar-refractivity contribution in [1.82, 2.24) is 14.8 Å². The molecule has 0 spiro atoms. The van der Waals surface area contributed by atoms with Crippen LogP contribution in [0.1, 0.15) is 17.4 Å². The molecule has 2 rings (SSSR count). The molecule has 5 N–H and O–H groups in total. The van der Waals surface area contributed by atoms with E-state index < -0.39 is 26.9 Å². The van der Waals surface area contributed by atoms with Crippen LogP contribution in [0.15, 0.2) is 27.6 Å². The van der Waals surface area contributed by atoms with E-state index in [0.717, 1.165) is 0 Å². The number of aromatic amines is 1. The van der Waals surface area contributed by atoms with Crippen molar-refractivity contribution in [3.8, 4) is 0 Å². The standard InChI is InChI=1S/C12H13BrN4O5S/c1-2-17(12(19)20)16-23(21,22)10-7-5-6(13)3-4-8(7)15-9(10)11(14)18/h3-5,15-16H,2H2,1H3,(H2,14,18)(H,19,20). The van der Waals surface area contributed by atoms with E-state index in [2.05, 4.69) is 20.9 Å². The van der Waals surface area contributed by atoms with Gasteiger partial charge in [-0.05, 0) is 25.1 Å². The molecule has 0 aliphatic rings. The average Bonchev–Trinajstić information content (AvgIpc) is 2.84. The highest BCUT2D eigenvalue weighted by molar-refractivity contribution is 9.10. The van der Waals surface area contributed by atoms with E-state index in [4.69, 9.17) is 10.8 Å². The summed E-state index contributed by atoms with van der Waals surface area (Å²) >= 11 is 3.22. The summed E-state index contributed by atoms with van der Waals surface area (Å²) in [6.45, 7) is 1.34. The van der Waals surface area contributed by atoms with E-state index in [1.807, 2.05) is 4.83 Å². The first kappa shape index (κ1) is 17.2. The monoisotopic (exact) mass is 404 g/mol. The van der Waals surface area contributed by atoms with Crippen LogP contribution < -0.4 is 10.6 Å². The molecule has 1 heterocycles. The Hall–Kier alpha value is -2.11. The topological polar surface area (TPSA) is 146 Å². The summed E-state index contributed by atoms with van der Waals surface area (Å²) in [5, 5.41) is 9.66. The molecule has 0 bridgehead atoms. The number of aromatic nitrogens is 1. The Labute approximate surface area is 139 Å². The van der Waals surface area contributed by atoms with E-state index in [-0.39, 0.29) is 17.6 Å². The van der Waals surface area contributed by atoms with Gasteiger partial charge in [-0.1, -0.05) is 15.9 Å². The number of fused-ring (bicyclic) bond motifs is 1. The van der Waals surface area contributed by atoms with Gasteiger partial charge in [0.05, 0.1) is 0 Å². The quantitative estimate of drug-likeness (QED) is 0.553. The van der Waals surface area contributed by atoms with E-state index in [1.54, 1.807) is 12.1 Å².